The summed E-state index contributed by atoms with van der Waals surface area (Å²) in [7, 11) is 1.94. The van der Waals surface area contributed by atoms with Crippen LogP contribution in [0.2, 0.25) is 0 Å². The maximum absolute atomic E-state index is 6.34. The Morgan fingerprint density at radius 1 is 1.16 bits per heavy atom. The van der Waals surface area contributed by atoms with Gasteiger partial charge in [0.1, 0.15) is 0 Å². The fourth-order valence-corrected chi connectivity index (χ4v) is 2.19. The number of benzene rings is 1. The van der Waals surface area contributed by atoms with Gasteiger partial charge in [0.05, 0.1) is 12.2 Å². The zero-order valence-corrected chi connectivity index (χ0v) is 12.4. The lowest BCUT2D eigenvalue weighted by Crippen LogP contribution is -2.14. The summed E-state index contributed by atoms with van der Waals surface area (Å²) in [6, 6.07) is 8.47. The Morgan fingerprint density at radius 2 is 1.74 bits per heavy atom. The van der Waals surface area contributed by atoms with E-state index < -0.39 is 0 Å². The van der Waals surface area contributed by atoms with Gasteiger partial charge in [0.25, 0.3) is 0 Å². The predicted octanol–water partition coefficient (Wildman–Crippen LogP) is 3.07. The maximum atomic E-state index is 6.34. The predicted molar refractivity (Wildman–Crippen MR) is 79.1 cm³/mol. The van der Waals surface area contributed by atoms with Crippen molar-refractivity contribution in [2.75, 3.05) is 0 Å². The lowest BCUT2D eigenvalue weighted by atomic mass is 9.86. The van der Waals surface area contributed by atoms with Gasteiger partial charge in [-0.15, -0.1) is 0 Å². The molecule has 0 aliphatic carbocycles. The quantitative estimate of drug-likeness (QED) is 0.898. The van der Waals surface area contributed by atoms with E-state index in [-0.39, 0.29) is 11.5 Å². The summed E-state index contributed by atoms with van der Waals surface area (Å²) >= 11 is 0. The highest BCUT2D eigenvalue weighted by molar-refractivity contribution is 5.35. The van der Waals surface area contributed by atoms with Gasteiger partial charge < -0.3 is 5.73 Å². The van der Waals surface area contributed by atoms with Gasteiger partial charge in [-0.05, 0) is 23.5 Å². The van der Waals surface area contributed by atoms with E-state index in [0.29, 0.717) is 0 Å². The molecule has 0 amide bonds. The van der Waals surface area contributed by atoms with Gasteiger partial charge in [-0.25, -0.2) is 0 Å². The van der Waals surface area contributed by atoms with Crippen molar-refractivity contribution in [1.82, 2.24) is 9.78 Å². The highest BCUT2D eigenvalue weighted by atomic mass is 15.3. The Kier molecular flexibility index (Phi) is 3.50. The van der Waals surface area contributed by atoms with Crippen molar-refractivity contribution in [3.63, 3.8) is 0 Å². The molecule has 0 aliphatic rings. The Hall–Kier alpha value is -1.61. The van der Waals surface area contributed by atoms with Gasteiger partial charge in [0.2, 0.25) is 0 Å². The summed E-state index contributed by atoms with van der Waals surface area (Å²) in [5.74, 6) is 0. The summed E-state index contributed by atoms with van der Waals surface area (Å²) in [5.41, 5.74) is 11.2. The molecule has 0 saturated carbocycles. The Balaban J connectivity index is 2.30. The van der Waals surface area contributed by atoms with Gasteiger partial charge >= 0.3 is 0 Å². The topological polar surface area (TPSA) is 43.8 Å². The number of rotatable bonds is 2. The fraction of sp³-hybridized carbons (Fsp3) is 0.438. The lowest BCUT2D eigenvalue weighted by molar-refractivity contribution is 0.589. The van der Waals surface area contributed by atoms with E-state index in [1.54, 1.807) is 0 Å². The highest BCUT2D eigenvalue weighted by Crippen LogP contribution is 2.26. The van der Waals surface area contributed by atoms with E-state index in [0.717, 1.165) is 16.8 Å². The maximum Gasteiger partial charge on any atom is 0.0585 e. The van der Waals surface area contributed by atoms with Crippen LogP contribution >= 0.6 is 0 Å². The molecule has 2 N–H and O–H groups in total. The number of aryl methyl sites for hydroxylation is 1. The standard InChI is InChI=1S/C16H23N3/c1-11-14(10-18-19(11)5)15(17)12-6-8-13(9-7-12)16(2,3)4/h6-10,15H,17H2,1-5H3. The van der Waals surface area contributed by atoms with Crippen LogP contribution in [-0.2, 0) is 12.5 Å². The third kappa shape index (κ3) is 2.71. The van der Waals surface area contributed by atoms with Crippen molar-refractivity contribution in [2.45, 2.75) is 39.2 Å². The van der Waals surface area contributed by atoms with E-state index >= 15 is 0 Å². The van der Waals surface area contributed by atoms with Crippen LogP contribution in [0.25, 0.3) is 0 Å². The summed E-state index contributed by atoms with van der Waals surface area (Å²) < 4.78 is 1.86. The monoisotopic (exact) mass is 257 g/mol. The van der Waals surface area contributed by atoms with Crippen molar-refractivity contribution in [3.8, 4) is 0 Å². The van der Waals surface area contributed by atoms with Gasteiger partial charge in [-0.2, -0.15) is 5.10 Å². The van der Waals surface area contributed by atoms with Gasteiger partial charge in [-0.3, -0.25) is 4.68 Å². The first-order chi connectivity index (χ1) is 8.80. The largest absolute Gasteiger partial charge is 0.320 e. The summed E-state index contributed by atoms with van der Waals surface area (Å²) in [5, 5.41) is 4.26. The zero-order chi connectivity index (χ0) is 14.2. The van der Waals surface area contributed by atoms with Gasteiger partial charge in [0.15, 0.2) is 0 Å². The number of hydrogen-bond acceptors (Lipinski definition) is 2. The molecule has 19 heavy (non-hydrogen) atoms. The lowest BCUT2D eigenvalue weighted by Gasteiger charge is -2.20. The van der Waals surface area contributed by atoms with Crippen LogP contribution in [0.5, 0.6) is 0 Å². The summed E-state index contributed by atoms with van der Waals surface area (Å²) in [4.78, 5) is 0. The van der Waals surface area contributed by atoms with Gasteiger partial charge in [0, 0.05) is 18.3 Å². The zero-order valence-electron chi connectivity index (χ0n) is 12.4. The van der Waals surface area contributed by atoms with E-state index in [1.807, 2.05) is 24.9 Å². The molecule has 0 saturated heterocycles. The normalized spacial score (nSPS) is 13.6. The summed E-state index contributed by atoms with van der Waals surface area (Å²) in [6.07, 6.45) is 1.86. The first-order valence-corrected chi connectivity index (χ1v) is 6.65. The number of nitrogens with two attached hydrogens (primary N) is 1. The van der Waals surface area contributed by atoms with E-state index in [2.05, 4.69) is 50.1 Å². The van der Waals surface area contributed by atoms with Crippen molar-refractivity contribution < 1.29 is 0 Å². The fourth-order valence-electron chi connectivity index (χ4n) is 2.19. The van der Waals surface area contributed by atoms with Crippen LogP contribution in [-0.4, -0.2) is 9.78 Å². The number of nitrogens with zero attached hydrogens (tertiary/aromatic N) is 2. The van der Waals surface area contributed by atoms with Crippen LogP contribution in [0.4, 0.5) is 0 Å². The molecule has 0 aliphatic heterocycles. The molecular formula is C16H23N3. The van der Waals surface area contributed by atoms with Crippen LogP contribution in [0, 0.1) is 6.92 Å². The van der Waals surface area contributed by atoms with Crippen molar-refractivity contribution in [2.24, 2.45) is 12.8 Å². The molecule has 2 aromatic rings. The van der Waals surface area contributed by atoms with E-state index in [9.17, 15) is 0 Å². The van der Waals surface area contributed by atoms with Crippen molar-refractivity contribution in [3.05, 3.63) is 52.8 Å². The van der Waals surface area contributed by atoms with E-state index in [1.165, 1.54) is 5.56 Å². The molecule has 2 rings (SSSR count). The molecular weight excluding hydrogens is 234 g/mol. The van der Waals surface area contributed by atoms with Crippen molar-refractivity contribution in [1.29, 1.82) is 0 Å². The molecule has 0 radical (unpaired) electrons. The smallest absolute Gasteiger partial charge is 0.0585 e. The molecule has 1 atom stereocenters. The Morgan fingerprint density at radius 3 is 2.16 bits per heavy atom. The molecule has 1 aromatic heterocycles. The first-order valence-electron chi connectivity index (χ1n) is 6.65. The second kappa shape index (κ2) is 4.82. The van der Waals surface area contributed by atoms with Crippen LogP contribution in [0.3, 0.4) is 0 Å². The molecule has 1 unspecified atom stereocenters. The molecule has 0 bridgehead atoms. The SMILES string of the molecule is Cc1c(C(N)c2ccc(C(C)(C)C)cc2)cnn1C. The second-order valence-electron chi connectivity index (χ2n) is 6.16. The van der Waals surface area contributed by atoms with Crippen LogP contribution in [0.15, 0.2) is 30.5 Å². The molecule has 102 valence electrons. The Bertz CT molecular complexity index is 559. The first kappa shape index (κ1) is 13.8. The molecule has 0 fully saturated rings. The Labute approximate surface area is 115 Å². The van der Waals surface area contributed by atoms with Crippen molar-refractivity contribution >= 4 is 0 Å². The van der Waals surface area contributed by atoms with Crippen LogP contribution < -0.4 is 5.73 Å². The number of hydrogen-bond donors (Lipinski definition) is 1. The highest BCUT2D eigenvalue weighted by Gasteiger charge is 2.17. The minimum absolute atomic E-state index is 0.109. The second-order valence-corrected chi connectivity index (χ2v) is 6.16. The molecule has 3 heteroatoms. The van der Waals surface area contributed by atoms with Crippen LogP contribution in [0.1, 0.15) is 49.2 Å². The minimum Gasteiger partial charge on any atom is -0.320 e. The van der Waals surface area contributed by atoms with E-state index in [4.69, 9.17) is 5.73 Å². The third-order valence-corrected chi connectivity index (χ3v) is 3.74. The average Bonchev–Trinajstić information content (AvgIpc) is 2.68. The summed E-state index contributed by atoms with van der Waals surface area (Å²) in [6.45, 7) is 8.69. The molecule has 1 aromatic carbocycles. The number of aromatic nitrogens is 2. The molecule has 1 heterocycles. The van der Waals surface area contributed by atoms with Gasteiger partial charge in [-0.1, -0.05) is 45.0 Å². The molecule has 0 spiro atoms. The minimum atomic E-state index is -0.109. The average molecular weight is 257 g/mol. The molecule has 3 nitrogen and oxygen atoms in total. The third-order valence-electron chi connectivity index (χ3n) is 3.74.